The molecule has 0 aliphatic carbocycles. The maximum Gasteiger partial charge on any atom is 0.242 e. The zero-order chi connectivity index (χ0) is 20.4. The van der Waals surface area contributed by atoms with Crippen molar-refractivity contribution in [3.05, 3.63) is 66.6 Å². The Hall–Kier alpha value is -2.77. The highest BCUT2D eigenvalue weighted by Crippen LogP contribution is 2.22. The van der Waals surface area contributed by atoms with Crippen molar-refractivity contribution < 1.29 is 8.42 Å². The molecule has 0 unspecified atom stereocenters. The first-order chi connectivity index (χ1) is 14.0. The lowest BCUT2D eigenvalue weighted by molar-refractivity contribution is 0.532. The van der Waals surface area contributed by atoms with Crippen molar-refractivity contribution in [2.24, 2.45) is 5.92 Å². The number of nitrogens with zero attached hydrogens (tertiary/aromatic N) is 3. The third-order valence-electron chi connectivity index (χ3n) is 4.85. The van der Waals surface area contributed by atoms with Crippen LogP contribution in [-0.4, -0.2) is 29.5 Å². The third-order valence-corrected chi connectivity index (χ3v) is 6.34. The second-order valence-corrected chi connectivity index (χ2v) is 9.29. The van der Waals surface area contributed by atoms with Crippen LogP contribution in [0.5, 0.6) is 0 Å². The molecule has 3 aromatic heterocycles. The number of pyridine rings is 2. The van der Waals surface area contributed by atoms with Gasteiger partial charge in [0.05, 0.1) is 5.52 Å². The van der Waals surface area contributed by atoms with E-state index >= 15 is 0 Å². The standard InChI is InChI=1S/C22H24N4O2S/c1-16(2)14-26-15-18(19-8-5-12-24-22(19)26)10-13-25-29(27,28)20-9-3-6-17-7-4-11-23-21(17)20/h3-9,11-12,15-16,25H,10,13-14H2,1-2H3. The number of aromatic nitrogens is 3. The van der Waals surface area contributed by atoms with E-state index in [2.05, 4.69) is 39.3 Å². The first-order valence-electron chi connectivity index (χ1n) is 9.72. The fourth-order valence-electron chi connectivity index (χ4n) is 3.62. The van der Waals surface area contributed by atoms with E-state index in [-0.39, 0.29) is 4.90 Å². The van der Waals surface area contributed by atoms with E-state index < -0.39 is 10.0 Å². The van der Waals surface area contributed by atoms with Crippen molar-refractivity contribution >= 4 is 32.0 Å². The van der Waals surface area contributed by atoms with Crippen LogP contribution in [-0.2, 0) is 23.0 Å². The molecule has 0 aliphatic rings. The molecule has 0 fully saturated rings. The van der Waals surface area contributed by atoms with Crippen LogP contribution in [0.2, 0.25) is 0 Å². The Morgan fingerprint density at radius 1 is 1.03 bits per heavy atom. The molecular weight excluding hydrogens is 384 g/mol. The average Bonchev–Trinajstić information content (AvgIpc) is 3.04. The van der Waals surface area contributed by atoms with Gasteiger partial charge in [0.25, 0.3) is 0 Å². The Bertz CT molecular complexity index is 1260. The second kappa shape index (κ2) is 7.93. The van der Waals surface area contributed by atoms with E-state index in [9.17, 15) is 8.42 Å². The molecule has 29 heavy (non-hydrogen) atoms. The molecular formula is C22H24N4O2S. The van der Waals surface area contributed by atoms with E-state index in [1.54, 1.807) is 30.6 Å². The van der Waals surface area contributed by atoms with Crippen molar-refractivity contribution in [2.75, 3.05) is 6.54 Å². The lowest BCUT2D eigenvalue weighted by atomic mass is 10.2. The van der Waals surface area contributed by atoms with Gasteiger partial charge in [0.15, 0.2) is 0 Å². The number of rotatable bonds is 7. The van der Waals surface area contributed by atoms with E-state index in [4.69, 9.17) is 0 Å². The summed E-state index contributed by atoms with van der Waals surface area (Å²) in [5, 5.41) is 1.87. The zero-order valence-electron chi connectivity index (χ0n) is 16.5. The summed E-state index contributed by atoms with van der Waals surface area (Å²) in [4.78, 5) is 8.97. The number of para-hydroxylation sites is 1. The fourth-order valence-corrected chi connectivity index (χ4v) is 4.83. The van der Waals surface area contributed by atoms with Crippen LogP contribution >= 0.6 is 0 Å². The minimum atomic E-state index is -3.66. The Morgan fingerprint density at radius 2 is 1.79 bits per heavy atom. The summed E-state index contributed by atoms with van der Waals surface area (Å²) in [6.45, 7) is 5.52. The molecule has 0 aliphatic heterocycles. The first kappa shape index (κ1) is 19.5. The lowest BCUT2D eigenvalue weighted by Crippen LogP contribution is -2.26. The normalized spacial score (nSPS) is 12.2. The summed E-state index contributed by atoms with van der Waals surface area (Å²) in [5.74, 6) is 0.498. The minimum absolute atomic E-state index is 0.208. The van der Waals surface area contributed by atoms with Crippen LogP contribution in [0.3, 0.4) is 0 Å². The van der Waals surface area contributed by atoms with Gasteiger partial charge in [0.2, 0.25) is 10.0 Å². The molecule has 0 radical (unpaired) electrons. The Kier molecular flexibility index (Phi) is 5.34. The van der Waals surface area contributed by atoms with E-state index in [1.807, 2.05) is 24.3 Å². The largest absolute Gasteiger partial charge is 0.332 e. The zero-order valence-corrected chi connectivity index (χ0v) is 17.4. The molecule has 4 rings (SSSR count). The van der Waals surface area contributed by atoms with Gasteiger partial charge in [-0.25, -0.2) is 18.1 Å². The predicted molar refractivity (Wildman–Crippen MR) is 115 cm³/mol. The molecule has 3 heterocycles. The average molecular weight is 409 g/mol. The van der Waals surface area contributed by atoms with Gasteiger partial charge >= 0.3 is 0 Å². The van der Waals surface area contributed by atoms with Crippen molar-refractivity contribution in [1.82, 2.24) is 19.3 Å². The molecule has 1 aromatic carbocycles. The molecule has 7 heteroatoms. The molecule has 0 spiro atoms. The third kappa shape index (κ3) is 4.02. The maximum absolute atomic E-state index is 12.9. The van der Waals surface area contributed by atoms with Gasteiger partial charge in [-0.05, 0) is 42.2 Å². The molecule has 0 bridgehead atoms. The van der Waals surface area contributed by atoms with Gasteiger partial charge in [-0.3, -0.25) is 4.98 Å². The quantitative estimate of drug-likeness (QED) is 0.505. The van der Waals surface area contributed by atoms with Gasteiger partial charge in [0, 0.05) is 42.5 Å². The van der Waals surface area contributed by atoms with Crippen molar-refractivity contribution in [2.45, 2.75) is 31.7 Å². The Labute approximate surface area is 170 Å². The van der Waals surface area contributed by atoms with E-state index in [1.165, 1.54) is 0 Å². The highest BCUT2D eigenvalue weighted by atomic mass is 32.2. The Morgan fingerprint density at radius 3 is 2.62 bits per heavy atom. The number of nitrogens with one attached hydrogen (secondary N) is 1. The molecule has 0 saturated carbocycles. The number of hydrogen-bond acceptors (Lipinski definition) is 4. The molecule has 4 aromatic rings. The molecule has 1 N–H and O–H groups in total. The fraction of sp³-hybridized carbons (Fsp3) is 0.273. The summed E-state index contributed by atoms with van der Waals surface area (Å²) in [7, 11) is -3.66. The van der Waals surface area contributed by atoms with E-state index in [0.29, 0.717) is 24.4 Å². The summed E-state index contributed by atoms with van der Waals surface area (Å²) in [6.07, 6.45) is 6.08. The lowest BCUT2D eigenvalue weighted by Gasteiger charge is -2.09. The summed E-state index contributed by atoms with van der Waals surface area (Å²) in [6, 6.07) is 12.8. The van der Waals surface area contributed by atoms with Crippen LogP contribution in [0.15, 0.2) is 66.0 Å². The molecule has 0 amide bonds. The number of benzene rings is 1. The van der Waals surface area contributed by atoms with Crippen molar-refractivity contribution in [3.63, 3.8) is 0 Å². The monoisotopic (exact) mass is 408 g/mol. The first-order valence-corrected chi connectivity index (χ1v) is 11.2. The van der Waals surface area contributed by atoms with Crippen LogP contribution in [0.25, 0.3) is 21.9 Å². The van der Waals surface area contributed by atoms with Crippen LogP contribution < -0.4 is 4.72 Å². The van der Waals surface area contributed by atoms with Crippen molar-refractivity contribution in [1.29, 1.82) is 0 Å². The second-order valence-electron chi connectivity index (χ2n) is 7.55. The molecule has 0 atom stereocenters. The number of sulfonamides is 1. The van der Waals surface area contributed by atoms with E-state index in [0.717, 1.165) is 28.5 Å². The number of hydrogen-bond donors (Lipinski definition) is 1. The molecule has 6 nitrogen and oxygen atoms in total. The maximum atomic E-state index is 12.9. The minimum Gasteiger partial charge on any atom is -0.332 e. The van der Waals surface area contributed by atoms with Gasteiger partial charge in [0.1, 0.15) is 10.5 Å². The summed E-state index contributed by atoms with van der Waals surface area (Å²) >= 11 is 0. The molecule has 0 saturated heterocycles. The summed E-state index contributed by atoms with van der Waals surface area (Å²) < 4.78 is 30.6. The Balaban J connectivity index is 1.56. The van der Waals surface area contributed by atoms with Gasteiger partial charge in [-0.2, -0.15) is 0 Å². The summed E-state index contributed by atoms with van der Waals surface area (Å²) in [5.41, 5.74) is 2.52. The van der Waals surface area contributed by atoms with Gasteiger partial charge in [-0.1, -0.05) is 32.0 Å². The predicted octanol–water partition coefficient (Wildman–Crippen LogP) is 3.76. The van der Waals surface area contributed by atoms with Crippen LogP contribution in [0.1, 0.15) is 19.4 Å². The SMILES string of the molecule is CC(C)Cn1cc(CCNS(=O)(=O)c2cccc3cccnc23)c2cccnc21. The van der Waals surface area contributed by atoms with Crippen LogP contribution in [0, 0.1) is 5.92 Å². The van der Waals surface area contributed by atoms with Crippen molar-refractivity contribution in [3.8, 4) is 0 Å². The van der Waals surface area contributed by atoms with Gasteiger partial charge in [-0.15, -0.1) is 0 Å². The van der Waals surface area contributed by atoms with Crippen LogP contribution in [0.4, 0.5) is 0 Å². The van der Waals surface area contributed by atoms with Gasteiger partial charge < -0.3 is 4.57 Å². The molecule has 150 valence electrons. The number of fused-ring (bicyclic) bond motifs is 2. The highest BCUT2D eigenvalue weighted by molar-refractivity contribution is 7.89. The topological polar surface area (TPSA) is 76.9 Å². The smallest absolute Gasteiger partial charge is 0.242 e. The highest BCUT2D eigenvalue weighted by Gasteiger charge is 2.18.